The van der Waals surface area contributed by atoms with Crippen molar-refractivity contribution in [2.75, 3.05) is 0 Å². The molecule has 0 bridgehead atoms. The second-order valence-corrected chi connectivity index (χ2v) is 3.97. The summed E-state index contributed by atoms with van der Waals surface area (Å²) in [6.07, 6.45) is 3.01. The van der Waals surface area contributed by atoms with Crippen LogP contribution >= 0.6 is 0 Å². The van der Waals surface area contributed by atoms with Crippen LogP contribution in [0.5, 0.6) is 0 Å². The molecule has 2 unspecified atom stereocenters. The molecular weight excluding hydrogens is 176 g/mol. The number of hydrogen-bond donors (Lipinski definition) is 0. The van der Waals surface area contributed by atoms with Gasteiger partial charge in [-0.15, -0.1) is 0 Å². The van der Waals surface area contributed by atoms with Crippen molar-refractivity contribution in [3.05, 3.63) is 12.2 Å². The largest absolute Gasteiger partial charge is 0.459 e. The van der Waals surface area contributed by atoms with Crippen LogP contribution in [0.15, 0.2) is 12.2 Å². The molecule has 0 saturated heterocycles. The monoisotopic (exact) mass is 198 g/mol. The van der Waals surface area contributed by atoms with Crippen molar-refractivity contribution in [2.45, 2.75) is 53.1 Å². The Morgan fingerprint density at radius 2 is 1.93 bits per heavy atom. The second-order valence-electron chi connectivity index (χ2n) is 3.97. The van der Waals surface area contributed by atoms with Crippen molar-refractivity contribution in [1.82, 2.24) is 0 Å². The van der Waals surface area contributed by atoms with E-state index in [-0.39, 0.29) is 12.1 Å². The highest BCUT2D eigenvalue weighted by Crippen LogP contribution is 2.15. The molecule has 2 nitrogen and oxygen atoms in total. The molecule has 0 radical (unpaired) electrons. The zero-order valence-electron chi connectivity index (χ0n) is 9.80. The molecule has 0 aromatic rings. The van der Waals surface area contributed by atoms with E-state index in [2.05, 4.69) is 20.4 Å². The molecule has 14 heavy (non-hydrogen) atoms. The highest BCUT2D eigenvalue weighted by Gasteiger charge is 2.15. The number of rotatable bonds is 6. The highest BCUT2D eigenvalue weighted by molar-refractivity contribution is 5.87. The maximum atomic E-state index is 11.3. The number of ether oxygens (including phenoxy) is 1. The summed E-state index contributed by atoms with van der Waals surface area (Å²) in [6.45, 7) is 11.6. The molecular formula is C12H22O2. The molecule has 0 amide bonds. The van der Waals surface area contributed by atoms with Gasteiger partial charge in [0.1, 0.15) is 6.10 Å². The molecule has 0 N–H and O–H groups in total. The summed E-state index contributed by atoms with van der Waals surface area (Å²) in [6, 6.07) is 0. The van der Waals surface area contributed by atoms with Crippen molar-refractivity contribution in [3.63, 3.8) is 0 Å². The fourth-order valence-electron chi connectivity index (χ4n) is 1.17. The number of esters is 1. The molecule has 0 heterocycles. The fraction of sp³-hybridized carbons (Fsp3) is 0.750. The van der Waals surface area contributed by atoms with Crippen LogP contribution in [0.2, 0.25) is 0 Å². The van der Waals surface area contributed by atoms with E-state index >= 15 is 0 Å². The number of carbonyl (C=O) groups is 1. The molecule has 0 aromatic carbocycles. The van der Waals surface area contributed by atoms with Crippen LogP contribution in [0, 0.1) is 5.92 Å². The Hall–Kier alpha value is -0.790. The summed E-state index contributed by atoms with van der Waals surface area (Å²) in [5, 5.41) is 0. The molecule has 0 spiro atoms. The lowest BCUT2D eigenvalue weighted by atomic mass is 10.00. The molecule has 0 aliphatic heterocycles. The van der Waals surface area contributed by atoms with Gasteiger partial charge in [0.15, 0.2) is 0 Å². The highest BCUT2D eigenvalue weighted by atomic mass is 16.5. The standard InChI is InChI=1S/C12H22O2/c1-6-10(5)8-11(7-2)14-12(13)9(3)4/h10-11H,3,6-8H2,1-2,4-5H3. The van der Waals surface area contributed by atoms with E-state index in [0.29, 0.717) is 11.5 Å². The van der Waals surface area contributed by atoms with Crippen molar-refractivity contribution in [1.29, 1.82) is 0 Å². The van der Waals surface area contributed by atoms with Gasteiger partial charge >= 0.3 is 5.97 Å². The van der Waals surface area contributed by atoms with Gasteiger partial charge in [0, 0.05) is 5.57 Å². The van der Waals surface area contributed by atoms with Crippen molar-refractivity contribution in [3.8, 4) is 0 Å². The SMILES string of the molecule is C=C(C)C(=O)OC(CC)CC(C)CC. The quantitative estimate of drug-likeness (QED) is 0.483. The van der Waals surface area contributed by atoms with Gasteiger partial charge in [0.05, 0.1) is 0 Å². The van der Waals surface area contributed by atoms with Gasteiger partial charge < -0.3 is 4.74 Å². The third-order valence-corrected chi connectivity index (χ3v) is 2.44. The van der Waals surface area contributed by atoms with E-state index in [1.54, 1.807) is 6.92 Å². The molecule has 0 saturated carbocycles. The van der Waals surface area contributed by atoms with Gasteiger partial charge in [0.2, 0.25) is 0 Å². The Morgan fingerprint density at radius 1 is 1.36 bits per heavy atom. The normalized spacial score (nSPS) is 14.6. The van der Waals surface area contributed by atoms with Crippen LogP contribution in [-0.2, 0) is 9.53 Å². The Balaban J connectivity index is 4.02. The Labute approximate surface area is 87.3 Å². The van der Waals surface area contributed by atoms with E-state index in [1.807, 2.05) is 6.92 Å². The van der Waals surface area contributed by atoms with E-state index < -0.39 is 0 Å². The van der Waals surface area contributed by atoms with Crippen LogP contribution < -0.4 is 0 Å². The van der Waals surface area contributed by atoms with Crippen LogP contribution in [0.25, 0.3) is 0 Å². The summed E-state index contributed by atoms with van der Waals surface area (Å²) >= 11 is 0. The minimum atomic E-state index is -0.264. The zero-order chi connectivity index (χ0) is 11.1. The minimum absolute atomic E-state index is 0.0501. The maximum Gasteiger partial charge on any atom is 0.333 e. The minimum Gasteiger partial charge on any atom is -0.459 e. The zero-order valence-corrected chi connectivity index (χ0v) is 9.80. The molecule has 0 aliphatic rings. The first-order valence-corrected chi connectivity index (χ1v) is 5.37. The summed E-state index contributed by atoms with van der Waals surface area (Å²) in [5.41, 5.74) is 0.479. The van der Waals surface area contributed by atoms with Gasteiger partial charge in [0.25, 0.3) is 0 Å². The first-order chi connectivity index (χ1) is 6.51. The molecule has 2 heteroatoms. The molecule has 0 aromatic heterocycles. The lowest BCUT2D eigenvalue weighted by molar-refractivity contribution is -0.145. The Bertz CT molecular complexity index is 196. The van der Waals surface area contributed by atoms with E-state index in [4.69, 9.17) is 4.74 Å². The van der Waals surface area contributed by atoms with E-state index in [1.165, 1.54) is 0 Å². The second kappa shape index (κ2) is 6.63. The van der Waals surface area contributed by atoms with Crippen molar-refractivity contribution in [2.24, 2.45) is 5.92 Å². The smallest absolute Gasteiger partial charge is 0.333 e. The summed E-state index contributed by atoms with van der Waals surface area (Å²) < 4.78 is 5.30. The molecule has 0 fully saturated rings. The first-order valence-electron chi connectivity index (χ1n) is 5.37. The van der Waals surface area contributed by atoms with Crippen LogP contribution in [-0.4, -0.2) is 12.1 Å². The lowest BCUT2D eigenvalue weighted by Gasteiger charge is -2.19. The third kappa shape index (κ3) is 5.05. The number of hydrogen-bond acceptors (Lipinski definition) is 2. The predicted octanol–water partition coefficient (Wildman–Crippen LogP) is 3.32. The summed E-state index contributed by atoms with van der Waals surface area (Å²) in [4.78, 5) is 11.3. The maximum absolute atomic E-state index is 11.3. The van der Waals surface area contributed by atoms with Gasteiger partial charge in [-0.05, 0) is 25.7 Å². The fourth-order valence-corrected chi connectivity index (χ4v) is 1.17. The van der Waals surface area contributed by atoms with Crippen molar-refractivity contribution >= 4 is 5.97 Å². The first kappa shape index (κ1) is 13.2. The third-order valence-electron chi connectivity index (χ3n) is 2.44. The van der Waals surface area contributed by atoms with Gasteiger partial charge in [-0.2, -0.15) is 0 Å². The Morgan fingerprint density at radius 3 is 2.29 bits per heavy atom. The van der Waals surface area contributed by atoms with Crippen LogP contribution in [0.4, 0.5) is 0 Å². The molecule has 2 atom stereocenters. The topological polar surface area (TPSA) is 26.3 Å². The van der Waals surface area contributed by atoms with Gasteiger partial charge in [-0.3, -0.25) is 0 Å². The van der Waals surface area contributed by atoms with E-state index in [9.17, 15) is 4.79 Å². The van der Waals surface area contributed by atoms with Crippen molar-refractivity contribution < 1.29 is 9.53 Å². The number of carbonyl (C=O) groups excluding carboxylic acids is 1. The summed E-state index contributed by atoms with van der Waals surface area (Å²) in [5.74, 6) is 0.345. The molecule has 0 aliphatic carbocycles. The predicted molar refractivity (Wildman–Crippen MR) is 59.1 cm³/mol. The Kier molecular flexibility index (Phi) is 6.26. The molecule has 0 rings (SSSR count). The average Bonchev–Trinajstić information content (AvgIpc) is 2.16. The summed E-state index contributed by atoms with van der Waals surface area (Å²) in [7, 11) is 0. The van der Waals surface area contributed by atoms with E-state index in [0.717, 1.165) is 19.3 Å². The van der Waals surface area contributed by atoms with Gasteiger partial charge in [-0.25, -0.2) is 4.79 Å². The molecule has 82 valence electrons. The van der Waals surface area contributed by atoms with Crippen LogP contribution in [0.1, 0.15) is 47.0 Å². The van der Waals surface area contributed by atoms with Crippen LogP contribution in [0.3, 0.4) is 0 Å². The average molecular weight is 198 g/mol. The lowest BCUT2D eigenvalue weighted by Crippen LogP contribution is -2.20. The van der Waals surface area contributed by atoms with Gasteiger partial charge in [-0.1, -0.05) is 33.8 Å².